The predicted octanol–water partition coefficient (Wildman–Crippen LogP) is 6.63. The van der Waals surface area contributed by atoms with E-state index in [2.05, 4.69) is 58.9 Å². The van der Waals surface area contributed by atoms with Crippen molar-refractivity contribution in [1.29, 1.82) is 0 Å². The molecule has 4 N–H and O–H groups in total. The standard InChI is InChI=1S/C36H34FN9/c1-46(2)11-10-41-28-14-25(13-27(37)15-28)30-21-40-22-34-29(30)16-33(42-34)36-35-32(44-45-36)9-8-31(43-35)26-12-24(19-39-20-26)18-38-17-23-6-4-3-5-7-23/h3-9,12-16,19-22,38,41-42H,10-11,17-18H2,1-2H3,(H,44,45). The van der Waals surface area contributed by atoms with Crippen molar-refractivity contribution in [3.63, 3.8) is 0 Å². The third kappa shape index (κ3) is 6.35. The number of halogens is 1. The van der Waals surface area contributed by atoms with Gasteiger partial charge in [-0.05, 0) is 73.3 Å². The van der Waals surface area contributed by atoms with Crippen molar-refractivity contribution < 1.29 is 4.39 Å². The fraction of sp³-hybridized carbons (Fsp3) is 0.167. The van der Waals surface area contributed by atoms with Gasteiger partial charge in [-0.2, -0.15) is 5.10 Å². The molecule has 5 heterocycles. The first-order chi connectivity index (χ1) is 22.5. The van der Waals surface area contributed by atoms with Gasteiger partial charge in [0.05, 0.1) is 28.6 Å². The van der Waals surface area contributed by atoms with Crippen LogP contribution in [-0.4, -0.2) is 62.2 Å². The third-order valence-electron chi connectivity index (χ3n) is 7.90. The second-order valence-electron chi connectivity index (χ2n) is 11.6. The lowest BCUT2D eigenvalue weighted by atomic mass is 10.0. The molecule has 0 saturated carbocycles. The monoisotopic (exact) mass is 611 g/mol. The maximum Gasteiger partial charge on any atom is 0.135 e. The molecular weight excluding hydrogens is 577 g/mol. The second kappa shape index (κ2) is 12.9. The Morgan fingerprint density at radius 3 is 2.52 bits per heavy atom. The Labute approximate surface area is 266 Å². The number of hydrogen-bond acceptors (Lipinski definition) is 7. The van der Waals surface area contributed by atoms with Crippen molar-refractivity contribution in [2.45, 2.75) is 13.1 Å². The maximum atomic E-state index is 14.7. The van der Waals surface area contributed by atoms with E-state index in [-0.39, 0.29) is 5.82 Å². The summed E-state index contributed by atoms with van der Waals surface area (Å²) in [6.45, 7) is 3.02. The Morgan fingerprint density at radius 1 is 0.804 bits per heavy atom. The number of aromatic nitrogens is 6. The van der Waals surface area contributed by atoms with Gasteiger partial charge in [0, 0.05) is 67.0 Å². The summed E-state index contributed by atoms with van der Waals surface area (Å²) in [7, 11) is 4.02. The summed E-state index contributed by atoms with van der Waals surface area (Å²) >= 11 is 0. The first-order valence-corrected chi connectivity index (χ1v) is 15.2. The molecular formula is C36H34FN9. The van der Waals surface area contributed by atoms with Crippen LogP contribution in [-0.2, 0) is 13.1 Å². The molecule has 0 radical (unpaired) electrons. The molecule has 0 aliphatic rings. The summed E-state index contributed by atoms with van der Waals surface area (Å²) in [6.07, 6.45) is 7.25. The number of likely N-dealkylation sites (N-methyl/N-ethyl adjacent to an activating group) is 1. The third-order valence-corrected chi connectivity index (χ3v) is 7.90. The van der Waals surface area contributed by atoms with E-state index in [0.29, 0.717) is 18.8 Å². The van der Waals surface area contributed by atoms with Gasteiger partial charge in [-0.1, -0.05) is 30.3 Å². The SMILES string of the molecule is CN(C)CCNc1cc(F)cc(-c2cncc3[nH]c(-c4n[nH]c5ccc(-c6cncc(CNCc7ccccc7)c6)nc45)cc23)c1. The van der Waals surface area contributed by atoms with Gasteiger partial charge in [-0.3, -0.25) is 15.1 Å². The normalized spacial score (nSPS) is 11.6. The van der Waals surface area contributed by atoms with Crippen LogP contribution in [0.2, 0.25) is 0 Å². The van der Waals surface area contributed by atoms with E-state index >= 15 is 0 Å². The average molecular weight is 612 g/mol. The van der Waals surface area contributed by atoms with Gasteiger partial charge in [-0.25, -0.2) is 9.37 Å². The van der Waals surface area contributed by atoms with Gasteiger partial charge in [0.15, 0.2) is 0 Å². The molecule has 7 rings (SSSR count). The number of benzene rings is 2. The largest absolute Gasteiger partial charge is 0.384 e. The van der Waals surface area contributed by atoms with E-state index in [9.17, 15) is 4.39 Å². The van der Waals surface area contributed by atoms with Gasteiger partial charge in [0.1, 0.15) is 17.0 Å². The van der Waals surface area contributed by atoms with Crippen LogP contribution in [0.4, 0.5) is 10.1 Å². The summed E-state index contributed by atoms with van der Waals surface area (Å²) in [6, 6.07) is 23.4. The van der Waals surface area contributed by atoms with E-state index in [1.165, 1.54) is 17.7 Å². The minimum Gasteiger partial charge on any atom is -0.384 e. The average Bonchev–Trinajstić information content (AvgIpc) is 3.69. The minimum atomic E-state index is -0.307. The molecule has 0 amide bonds. The molecule has 0 spiro atoms. The van der Waals surface area contributed by atoms with Crippen LogP contribution in [0.1, 0.15) is 11.1 Å². The molecule has 9 nitrogen and oxygen atoms in total. The lowest BCUT2D eigenvalue weighted by Gasteiger charge is -2.13. The molecule has 0 atom stereocenters. The van der Waals surface area contributed by atoms with Crippen molar-refractivity contribution in [3.8, 4) is 33.8 Å². The topological polar surface area (TPSA) is 110 Å². The summed E-state index contributed by atoms with van der Waals surface area (Å²) in [5.74, 6) is -0.307. The van der Waals surface area contributed by atoms with Crippen molar-refractivity contribution in [2.24, 2.45) is 0 Å². The molecule has 0 aliphatic carbocycles. The molecule has 0 saturated heterocycles. The van der Waals surface area contributed by atoms with Crippen molar-refractivity contribution in [3.05, 3.63) is 115 Å². The number of anilines is 1. The van der Waals surface area contributed by atoms with Crippen LogP contribution < -0.4 is 10.6 Å². The summed E-state index contributed by atoms with van der Waals surface area (Å²) in [4.78, 5) is 19.5. The summed E-state index contributed by atoms with van der Waals surface area (Å²) in [5.41, 5.74) is 10.2. The Bertz CT molecular complexity index is 2120. The van der Waals surface area contributed by atoms with E-state index in [1.54, 1.807) is 12.4 Å². The molecule has 0 aliphatic heterocycles. The molecule has 7 aromatic rings. The number of hydrogen-bond donors (Lipinski definition) is 4. The van der Waals surface area contributed by atoms with Crippen molar-refractivity contribution >= 4 is 27.6 Å². The van der Waals surface area contributed by atoms with E-state index in [1.807, 2.05) is 69.0 Å². The molecule has 0 fully saturated rings. The highest BCUT2D eigenvalue weighted by Gasteiger charge is 2.17. The van der Waals surface area contributed by atoms with Crippen LogP contribution in [0, 0.1) is 5.82 Å². The highest BCUT2D eigenvalue weighted by Crippen LogP contribution is 2.35. The quantitative estimate of drug-likeness (QED) is 0.130. The minimum absolute atomic E-state index is 0.307. The first-order valence-electron chi connectivity index (χ1n) is 15.2. The van der Waals surface area contributed by atoms with Crippen molar-refractivity contribution in [2.75, 3.05) is 32.5 Å². The number of aromatic amines is 2. The number of H-pyrrole nitrogens is 2. The Kier molecular flexibility index (Phi) is 8.20. The summed E-state index contributed by atoms with van der Waals surface area (Å²) < 4.78 is 14.7. The number of rotatable bonds is 11. The Balaban J connectivity index is 1.17. The Hall–Kier alpha value is -5.45. The van der Waals surface area contributed by atoms with Crippen molar-refractivity contribution in [1.82, 2.24) is 40.3 Å². The van der Waals surface area contributed by atoms with Crippen LogP contribution in [0.25, 0.3) is 55.7 Å². The fourth-order valence-corrected chi connectivity index (χ4v) is 5.60. The molecule has 0 unspecified atom stereocenters. The lowest BCUT2D eigenvalue weighted by Crippen LogP contribution is -2.20. The fourth-order valence-electron chi connectivity index (χ4n) is 5.60. The molecule has 10 heteroatoms. The number of fused-ring (bicyclic) bond motifs is 2. The molecule has 46 heavy (non-hydrogen) atoms. The summed E-state index contributed by atoms with van der Waals surface area (Å²) in [5, 5.41) is 15.5. The van der Waals surface area contributed by atoms with Gasteiger partial charge >= 0.3 is 0 Å². The maximum absolute atomic E-state index is 14.7. The zero-order chi connectivity index (χ0) is 31.5. The lowest BCUT2D eigenvalue weighted by molar-refractivity contribution is 0.425. The van der Waals surface area contributed by atoms with Crippen LogP contribution in [0.5, 0.6) is 0 Å². The van der Waals surface area contributed by atoms with Gasteiger partial charge < -0.3 is 20.5 Å². The predicted molar refractivity (Wildman–Crippen MR) is 182 cm³/mol. The van der Waals surface area contributed by atoms with Crippen LogP contribution >= 0.6 is 0 Å². The molecule has 230 valence electrons. The number of nitrogens with zero attached hydrogens (tertiary/aromatic N) is 5. The highest BCUT2D eigenvalue weighted by molar-refractivity contribution is 6.00. The zero-order valence-electron chi connectivity index (χ0n) is 25.7. The van der Waals surface area contributed by atoms with Gasteiger partial charge in [-0.15, -0.1) is 0 Å². The van der Waals surface area contributed by atoms with Gasteiger partial charge in [0.2, 0.25) is 0 Å². The number of nitrogens with one attached hydrogen (secondary N) is 4. The molecule has 5 aromatic heterocycles. The first kappa shape index (κ1) is 29.3. The van der Waals surface area contributed by atoms with E-state index < -0.39 is 0 Å². The van der Waals surface area contributed by atoms with E-state index in [4.69, 9.17) is 4.98 Å². The Morgan fingerprint density at radius 2 is 1.65 bits per heavy atom. The van der Waals surface area contributed by atoms with E-state index in [0.717, 1.165) is 74.4 Å². The van der Waals surface area contributed by atoms with Gasteiger partial charge in [0.25, 0.3) is 0 Å². The smallest absolute Gasteiger partial charge is 0.135 e. The molecule has 2 aromatic carbocycles. The van der Waals surface area contributed by atoms with Crippen LogP contribution in [0.3, 0.4) is 0 Å². The highest BCUT2D eigenvalue weighted by atomic mass is 19.1. The second-order valence-corrected chi connectivity index (χ2v) is 11.6. The molecule has 0 bridgehead atoms. The zero-order valence-corrected chi connectivity index (χ0v) is 25.7. The van der Waals surface area contributed by atoms with Crippen LogP contribution in [0.15, 0.2) is 97.6 Å². The number of pyridine rings is 3.